The van der Waals surface area contributed by atoms with E-state index < -0.39 is 11.5 Å². The van der Waals surface area contributed by atoms with E-state index >= 15 is 0 Å². The maximum absolute atomic E-state index is 12.0. The molecule has 104 valence electrons. The summed E-state index contributed by atoms with van der Waals surface area (Å²) in [5.41, 5.74) is -1.25. The molecule has 5 nitrogen and oxygen atoms in total. The lowest BCUT2D eigenvalue weighted by molar-refractivity contribution is -0.142. The normalized spacial score (nSPS) is 17.6. The summed E-state index contributed by atoms with van der Waals surface area (Å²) in [6.07, 6.45) is 1.79. The molecule has 1 atom stereocenters. The number of aliphatic carboxylic acids is 1. The number of rotatable bonds is 4. The lowest BCUT2D eigenvalue weighted by Gasteiger charge is -2.27. The van der Waals surface area contributed by atoms with E-state index in [2.05, 4.69) is 10.3 Å². The SMILES string of the molecule is CC(Nc1cc2ccccc2c(=O)[nH]1)(C(=O)O)C1CC1. The Kier molecular flexibility index (Phi) is 2.78. The zero-order chi connectivity index (χ0) is 14.3. The molecule has 1 heterocycles. The topological polar surface area (TPSA) is 82.2 Å². The number of H-pyrrole nitrogens is 1. The number of hydrogen-bond donors (Lipinski definition) is 3. The van der Waals surface area contributed by atoms with Gasteiger partial charge in [-0.3, -0.25) is 4.79 Å². The van der Waals surface area contributed by atoms with E-state index in [1.54, 1.807) is 25.1 Å². The molecule has 0 amide bonds. The van der Waals surface area contributed by atoms with Gasteiger partial charge in [0.15, 0.2) is 0 Å². The Bertz CT molecular complexity index is 733. The fourth-order valence-corrected chi connectivity index (χ4v) is 2.55. The third kappa shape index (κ3) is 2.05. The van der Waals surface area contributed by atoms with Crippen molar-refractivity contribution in [2.75, 3.05) is 5.32 Å². The predicted octanol–water partition coefficient (Wildman–Crippen LogP) is 2.19. The van der Waals surface area contributed by atoms with Crippen molar-refractivity contribution in [2.45, 2.75) is 25.3 Å². The summed E-state index contributed by atoms with van der Waals surface area (Å²) < 4.78 is 0. The molecule has 20 heavy (non-hydrogen) atoms. The minimum Gasteiger partial charge on any atom is -0.480 e. The number of carbonyl (C=O) groups is 1. The van der Waals surface area contributed by atoms with Gasteiger partial charge in [-0.25, -0.2) is 4.79 Å². The molecule has 3 N–H and O–H groups in total. The second kappa shape index (κ2) is 4.37. The van der Waals surface area contributed by atoms with Crippen molar-refractivity contribution in [2.24, 2.45) is 5.92 Å². The van der Waals surface area contributed by atoms with Gasteiger partial charge in [-0.05, 0) is 43.2 Å². The molecule has 0 spiro atoms. The van der Waals surface area contributed by atoms with Gasteiger partial charge in [0.1, 0.15) is 11.4 Å². The van der Waals surface area contributed by atoms with Crippen molar-refractivity contribution >= 4 is 22.6 Å². The summed E-state index contributed by atoms with van der Waals surface area (Å²) in [6, 6.07) is 9.01. The Balaban J connectivity index is 2.02. The molecule has 1 aromatic carbocycles. The number of anilines is 1. The van der Waals surface area contributed by atoms with Gasteiger partial charge in [-0.2, -0.15) is 0 Å². The number of aromatic amines is 1. The van der Waals surface area contributed by atoms with Crippen molar-refractivity contribution in [1.82, 2.24) is 4.98 Å². The molecule has 1 fully saturated rings. The smallest absolute Gasteiger partial charge is 0.329 e. The maximum atomic E-state index is 12.0. The van der Waals surface area contributed by atoms with E-state index in [-0.39, 0.29) is 11.5 Å². The Morgan fingerprint density at radius 3 is 2.75 bits per heavy atom. The molecule has 1 aliphatic rings. The van der Waals surface area contributed by atoms with Crippen LogP contribution in [0.4, 0.5) is 5.82 Å². The minimum absolute atomic E-state index is 0.106. The Morgan fingerprint density at radius 1 is 1.40 bits per heavy atom. The molecule has 5 heteroatoms. The van der Waals surface area contributed by atoms with Crippen LogP contribution in [0.3, 0.4) is 0 Å². The third-order valence-electron chi connectivity index (χ3n) is 3.99. The highest BCUT2D eigenvalue weighted by atomic mass is 16.4. The van der Waals surface area contributed by atoms with Crippen LogP contribution in [0.25, 0.3) is 10.8 Å². The van der Waals surface area contributed by atoms with Crippen LogP contribution in [-0.4, -0.2) is 21.6 Å². The number of hydrogen-bond acceptors (Lipinski definition) is 3. The summed E-state index contributed by atoms with van der Waals surface area (Å²) in [4.78, 5) is 26.2. The van der Waals surface area contributed by atoms with Crippen LogP contribution in [-0.2, 0) is 4.79 Å². The lowest BCUT2D eigenvalue weighted by atomic mass is 9.96. The van der Waals surface area contributed by atoms with Crippen LogP contribution < -0.4 is 10.9 Å². The first-order valence-electron chi connectivity index (χ1n) is 6.64. The van der Waals surface area contributed by atoms with Crippen molar-refractivity contribution in [1.29, 1.82) is 0 Å². The zero-order valence-electron chi connectivity index (χ0n) is 11.1. The highest BCUT2D eigenvalue weighted by molar-refractivity contribution is 5.86. The van der Waals surface area contributed by atoms with E-state index in [9.17, 15) is 14.7 Å². The van der Waals surface area contributed by atoms with Crippen LogP contribution in [0.5, 0.6) is 0 Å². The molecule has 0 aliphatic heterocycles. The second-order valence-corrected chi connectivity index (χ2v) is 5.51. The van der Waals surface area contributed by atoms with Gasteiger partial charge in [0.25, 0.3) is 5.56 Å². The fraction of sp³-hybridized carbons (Fsp3) is 0.333. The van der Waals surface area contributed by atoms with Gasteiger partial charge in [-0.1, -0.05) is 18.2 Å². The van der Waals surface area contributed by atoms with Crippen molar-refractivity contribution < 1.29 is 9.90 Å². The van der Waals surface area contributed by atoms with Gasteiger partial charge in [0, 0.05) is 5.39 Å². The van der Waals surface area contributed by atoms with Crippen LogP contribution >= 0.6 is 0 Å². The monoisotopic (exact) mass is 272 g/mol. The Labute approximate surface area is 115 Å². The van der Waals surface area contributed by atoms with E-state index in [4.69, 9.17) is 0 Å². The van der Waals surface area contributed by atoms with Crippen LogP contribution in [0.1, 0.15) is 19.8 Å². The number of aromatic nitrogens is 1. The predicted molar refractivity (Wildman–Crippen MR) is 77.0 cm³/mol. The number of carboxylic acids is 1. The first-order valence-corrected chi connectivity index (χ1v) is 6.64. The van der Waals surface area contributed by atoms with E-state index in [1.165, 1.54) is 0 Å². The highest BCUT2D eigenvalue weighted by Crippen LogP contribution is 2.41. The average molecular weight is 272 g/mol. The lowest BCUT2D eigenvalue weighted by Crippen LogP contribution is -2.46. The standard InChI is InChI=1S/C15H16N2O3/c1-15(14(19)20,10-6-7-10)17-12-8-9-4-2-3-5-11(9)13(18)16-12/h2-5,8,10H,6-7H2,1H3,(H,19,20)(H2,16,17,18). The molecular weight excluding hydrogens is 256 g/mol. The number of carboxylic acid groups (broad SMARTS) is 1. The molecule has 0 saturated heterocycles. The molecule has 0 radical (unpaired) electrons. The maximum Gasteiger partial charge on any atom is 0.329 e. The van der Waals surface area contributed by atoms with Gasteiger partial charge in [-0.15, -0.1) is 0 Å². The average Bonchev–Trinajstić information content (AvgIpc) is 3.23. The van der Waals surface area contributed by atoms with Gasteiger partial charge in [0.2, 0.25) is 0 Å². The van der Waals surface area contributed by atoms with Crippen molar-refractivity contribution in [3.05, 3.63) is 40.7 Å². The molecule has 1 unspecified atom stereocenters. The summed E-state index contributed by atoms with van der Waals surface area (Å²) in [6.45, 7) is 1.67. The Hall–Kier alpha value is -2.30. The minimum atomic E-state index is -1.04. The number of pyridine rings is 1. The molecular formula is C15H16N2O3. The highest BCUT2D eigenvalue weighted by Gasteiger charge is 2.47. The van der Waals surface area contributed by atoms with Crippen LogP contribution in [0.2, 0.25) is 0 Å². The molecule has 1 aliphatic carbocycles. The van der Waals surface area contributed by atoms with Crippen molar-refractivity contribution in [3.8, 4) is 0 Å². The second-order valence-electron chi connectivity index (χ2n) is 5.51. The number of benzene rings is 1. The summed E-state index contributed by atoms with van der Waals surface area (Å²) in [5, 5.41) is 13.8. The van der Waals surface area contributed by atoms with Gasteiger partial charge in [0.05, 0.1) is 0 Å². The van der Waals surface area contributed by atoms with E-state index in [0.29, 0.717) is 11.2 Å². The zero-order valence-corrected chi connectivity index (χ0v) is 11.1. The van der Waals surface area contributed by atoms with E-state index in [1.807, 2.05) is 12.1 Å². The summed E-state index contributed by atoms with van der Waals surface area (Å²) in [7, 11) is 0. The molecule has 1 aromatic heterocycles. The quantitative estimate of drug-likeness (QED) is 0.796. The molecule has 0 bridgehead atoms. The van der Waals surface area contributed by atoms with Crippen LogP contribution in [0.15, 0.2) is 35.1 Å². The first-order chi connectivity index (χ1) is 9.50. The third-order valence-corrected chi connectivity index (χ3v) is 3.99. The first kappa shape index (κ1) is 12.7. The van der Waals surface area contributed by atoms with Crippen LogP contribution in [0, 0.1) is 5.92 Å². The number of fused-ring (bicyclic) bond motifs is 1. The fourth-order valence-electron chi connectivity index (χ4n) is 2.55. The van der Waals surface area contributed by atoms with Gasteiger partial charge < -0.3 is 15.4 Å². The van der Waals surface area contributed by atoms with E-state index in [0.717, 1.165) is 18.2 Å². The van der Waals surface area contributed by atoms with Crippen molar-refractivity contribution in [3.63, 3.8) is 0 Å². The summed E-state index contributed by atoms with van der Waals surface area (Å²) >= 11 is 0. The van der Waals surface area contributed by atoms with Gasteiger partial charge >= 0.3 is 5.97 Å². The molecule has 3 rings (SSSR count). The molecule has 1 saturated carbocycles. The number of nitrogens with one attached hydrogen (secondary N) is 2. The summed E-state index contributed by atoms with van der Waals surface area (Å²) in [5.74, 6) is -0.338. The molecule has 2 aromatic rings. The largest absolute Gasteiger partial charge is 0.480 e. The Morgan fingerprint density at radius 2 is 2.10 bits per heavy atom.